The molecule has 4 rings (SSSR count). The highest BCUT2D eigenvalue weighted by atomic mass is 16.2. The zero-order chi connectivity index (χ0) is 16.5. The standard InChI is InChI=1S/C18H14N4O2/c23-17-15-16(20-18(24)21-17)19-11-22(15)10-12-6-8-14(9-7-12)13-4-2-1-3-5-13/h1-9,11H,10H2,(H2,20,21,23,24). The number of benzene rings is 2. The largest absolute Gasteiger partial charge is 0.327 e. The molecule has 6 nitrogen and oxygen atoms in total. The summed E-state index contributed by atoms with van der Waals surface area (Å²) in [6, 6.07) is 18.3. The third kappa shape index (κ3) is 2.54. The molecule has 0 aliphatic rings. The molecule has 0 aliphatic carbocycles. The van der Waals surface area contributed by atoms with Gasteiger partial charge in [0.1, 0.15) is 0 Å². The van der Waals surface area contributed by atoms with Crippen molar-refractivity contribution in [3.8, 4) is 11.1 Å². The van der Waals surface area contributed by atoms with E-state index in [2.05, 4.69) is 39.2 Å². The Kier molecular flexibility index (Phi) is 3.35. The third-order valence-corrected chi connectivity index (χ3v) is 3.93. The fraction of sp³-hybridized carbons (Fsp3) is 0.0556. The van der Waals surface area contributed by atoms with Crippen LogP contribution in [0.25, 0.3) is 22.3 Å². The summed E-state index contributed by atoms with van der Waals surface area (Å²) in [5.41, 5.74) is 3.01. The minimum absolute atomic E-state index is 0.296. The second-order valence-electron chi connectivity index (χ2n) is 5.54. The Morgan fingerprint density at radius 2 is 1.58 bits per heavy atom. The van der Waals surface area contributed by atoms with Crippen molar-refractivity contribution in [1.29, 1.82) is 0 Å². The van der Waals surface area contributed by atoms with Crippen LogP contribution in [-0.4, -0.2) is 19.5 Å². The predicted molar refractivity (Wildman–Crippen MR) is 92.0 cm³/mol. The second kappa shape index (κ2) is 5.66. The lowest BCUT2D eigenvalue weighted by Gasteiger charge is -2.06. The van der Waals surface area contributed by atoms with Crippen LogP contribution in [0.1, 0.15) is 5.56 Å². The van der Waals surface area contributed by atoms with Gasteiger partial charge in [-0.05, 0) is 16.7 Å². The summed E-state index contributed by atoms with van der Waals surface area (Å²) in [6.07, 6.45) is 1.56. The van der Waals surface area contributed by atoms with Crippen molar-refractivity contribution in [3.05, 3.63) is 87.3 Å². The average Bonchev–Trinajstić information content (AvgIpc) is 2.99. The van der Waals surface area contributed by atoms with Gasteiger partial charge in [-0.25, -0.2) is 9.78 Å². The van der Waals surface area contributed by atoms with Crippen molar-refractivity contribution in [2.75, 3.05) is 0 Å². The number of nitrogens with one attached hydrogen (secondary N) is 2. The van der Waals surface area contributed by atoms with Gasteiger partial charge in [0.15, 0.2) is 11.2 Å². The first kappa shape index (κ1) is 14.2. The molecule has 0 saturated heterocycles. The van der Waals surface area contributed by atoms with E-state index in [4.69, 9.17) is 0 Å². The molecule has 24 heavy (non-hydrogen) atoms. The van der Waals surface area contributed by atoms with E-state index in [1.54, 1.807) is 10.9 Å². The Balaban J connectivity index is 1.67. The van der Waals surface area contributed by atoms with Gasteiger partial charge >= 0.3 is 5.69 Å². The summed E-state index contributed by atoms with van der Waals surface area (Å²) >= 11 is 0. The van der Waals surface area contributed by atoms with Gasteiger partial charge in [0.05, 0.1) is 6.33 Å². The number of hydrogen-bond acceptors (Lipinski definition) is 3. The van der Waals surface area contributed by atoms with Gasteiger partial charge in [-0.15, -0.1) is 0 Å². The molecule has 6 heteroatoms. The van der Waals surface area contributed by atoms with Crippen molar-refractivity contribution in [2.45, 2.75) is 6.54 Å². The Bertz CT molecular complexity index is 1110. The van der Waals surface area contributed by atoms with Gasteiger partial charge < -0.3 is 4.57 Å². The van der Waals surface area contributed by atoms with Crippen molar-refractivity contribution < 1.29 is 0 Å². The first-order chi connectivity index (χ1) is 11.7. The van der Waals surface area contributed by atoms with E-state index in [0.717, 1.165) is 16.7 Å². The van der Waals surface area contributed by atoms with Crippen LogP contribution in [-0.2, 0) is 6.54 Å². The highest BCUT2D eigenvalue weighted by Gasteiger charge is 2.09. The zero-order valence-electron chi connectivity index (χ0n) is 12.7. The summed E-state index contributed by atoms with van der Waals surface area (Å²) in [5.74, 6) is 0. The molecular weight excluding hydrogens is 304 g/mol. The molecule has 2 aromatic heterocycles. The van der Waals surface area contributed by atoms with Crippen molar-refractivity contribution >= 4 is 11.2 Å². The first-order valence-electron chi connectivity index (χ1n) is 7.52. The first-order valence-corrected chi connectivity index (χ1v) is 7.52. The molecule has 2 aromatic carbocycles. The molecule has 0 fully saturated rings. The van der Waals surface area contributed by atoms with Crippen LogP contribution >= 0.6 is 0 Å². The monoisotopic (exact) mass is 318 g/mol. The van der Waals surface area contributed by atoms with Gasteiger partial charge in [-0.2, -0.15) is 0 Å². The lowest BCUT2D eigenvalue weighted by Crippen LogP contribution is -2.23. The Labute approximate surface area is 136 Å². The summed E-state index contributed by atoms with van der Waals surface area (Å²) in [4.78, 5) is 32.1. The zero-order valence-corrected chi connectivity index (χ0v) is 12.7. The molecule has 0 radical (unpaired) electrons. The van der Waals surface area contributed by atoms with E-state index in [9.17, 15) is 9.59 Å². The van der Waals surface area contributed by atoms with E-state index in [0.29, 0.717) is 17.7 Å². The topological polar surface area (TPSA) is 83.5 Å². The lowest BCUT2D eigenvalue weighted by atomic mass is 10.0. The molecule has 0 atom stereocenters. The summed E-state index contributed by atoms with van der Waals surface area (Å²) < 4.78 is 1.72. The fourth-order valence-electron chi connectivity index (χ4n) is 2.76. The second-order valence-corrected chi connectivity index (χ2v) is 5.54. The number of nitrogens with zero attached hydrogens (tertiary/aromatic N) is 2. The minimum Gasteiger partial charge on any atom is -0.320 e. The predicted octanol–water partition coefficient (Wildman–Crippen LogP) is 2.13. The van der Waals surface area contributed by atoms with Crippen molar-refractivity contribution in [3.63, 3.8) is 0 Å². The van der Waals surface area contributed by atoms with Crippen LogP contribution in [0.3, 0.4) is 0 Å². The van der Waals surface area contributed by atoms with E-state index < -0.39 is 11.2 Å². The van der Waals surface area contributed by atoms with Crippen LogP contribution in [0.4, 0.5) is 0 Å². The SMILES string of the molecule is O=c1[nH]c(=O)c2c(ncn2Cc2ccc(-c3ccccc3)cc2)[nH]1. The third-order valence-electron chi connectivity index (χ3n) is 3.93. The number of rotatable bonds is 3. The fourth-order valence-corrected chi connectivity index (χ4v) is 2.76. The lowest BCUT2D eigenvalue weighted by molar-refractivity contribution is 0.819. The number of aromatic nitrogens is 4. The van der Waals surface area contributed by atoms with Gasteiger partial charge in [0, 0.05) is 6.54 Å². The quantitative estimate of drug-likeness (QED) is 0.607. The Hall–Kier alpha value is -3.41. The molecule has 2 N–H and O–H groups in total. The van der Waals surface area contributed by atoms with Gasteiger partial charge in [-0.1, -0.05) is 54.6 Å². The van der Waals surface area contributed by atoms with E-state index in [1.165, 1.54) is 0 Å². The molecule has 0 spiro atoms. The molecule has 0 unspecified atom stereocenters. The van der Waals surface area contributed by atoms with Gasteiger partial charge in [0.2, 0.25) is 0 Å². The van der Waals surface area contributed by atoms with E-state index in [-0.39, 0.29) is 0 Å². The van der Waals surface area contributed by atoms with E-state index >= 15 is 0 Å². The summed E-state index contributed by atoms with van der Waals surface area (Å²) in [6.45, 7) is 0.501. The molecule has 0 saturated carbocycles. The Morgan fingerprint density at radius 3 is 2.33 bits per heavy atom. The van der Waals surface area contributed by atoms with E-state index in [1.807, 2.05) is 30.3 Å². The maximum absolute atomic E-state index is 12.0. The number of imidazole rings is 1. The summed E-state index contributed by atoms with van der Waals surface area (Å²) in [7, 11) is 0. The van der Waals surface area contributed by atoms with Gasteiger partial charge in [-0.3, -0.25) is 14.8 Å². The molecule has 4 aromatic rings. The Morgan fingerprint density at radius 1 is 0.875 bits per heavy atom. The smallest absolute Gasteiger partial charge is 0.320 e. The highest BCUT2D eigenvalue weighted by molar-refractivity contribution is 5.69. The normalized spacial score (nSPS) is 11.0. The van der Waals surface area contributed by atoms with Crippen LogP contribution in [0.5, 0.6) is 0 Å². The summed E-state index contributed by atoms with van der Waals surface area (Å²) in [5, 5.41) is 0. The molecular formula is C18H14N4O2. The van der Waals surface area contributed by atoms with Gasteiger partial charge in [0.25, 0.3) is 5.56 Å². The molecule has 118 valence electrons. The molecule has 0 aliphatic heterocycles. The molecule has 2 heterocycles. The van der Waals surface area contributed by atoms with Crippen LogP contribution in [0, 0.1) is 0 Å². The highest BCUT2D eigenvalue weighted by Crippen LogP contribution is 2.19. The number of H-pyrrole nitrogens is 2. The number of hydrogen-bond donors (Lipinski definition) is 2. The maximum atomic E-state index is 12.0. The molecule has 0 bridgehead atoms. The van der Waals surface area contributed by atoms with Crippen LogP contribution in [0.2, 0.25) is 0 Å². The number of aromatic amines is 2. The number of fused-ring (bicyclic) bond motifs is 1. The maximum Gasteiger partial charge on any atom is 0.327 e. The van der Waals surface area contributed by atoms with Crippen molar-refractivity contribution in [2.24, 2.45) is 0 Å². The molecule has 0 amide bonds. The average molecular weight is 318 g/mol. The van der Waals surface area contributed by atoms with Crippen molar-refractivity contribution in [1.82, 2.24) is 19.5 Å². The van der Waals surface area contributed by atoms with Crippen LogP contribution in [0.15, 0.2) is 70.5 Å². The van der Waals surface area contributed by atoms with Crippen LogP contribution < -0.4 is 11.2 Å². The minimum atomic E-state index is -0.551.